The second-order valence-electron chi connectivity index (χ2n) is 7.15. The van der Waals surface area contributed by atoms with Crippen LogP contribution in [0.5, 0.6) is 0 Å². The molecule has 0 bridgehead atoms. The first-order chi connectivity index (χ1) is 12.8. The highest BCUT2D eigenvalue weighted by atomic mass is 32.2. The minimum absolute atomic E-state index is 0.109. The van der Waals surface area contributed by atoms with Gasteiger partial charge in [-0.15, -0.1) is 0 Å². The lowest BCUT2D eigenvalue weighted by Gasteiger charge is -2.25. The Morgan fingerprint density at radius 3 is 2.52 bits per heavy atom. The molecule has 6 nitrogen and oxygen atoms in total. The molecule has 0 spiro atoms. The standard InChI is InChI=1S/C20H25NO5S/c1-14-11-15(12-21(2)20(14)23)18-5-3-4-6-19(18)27(24,25)13-26-17-9-7-16(22)8-10-17/h3-6,11-12,16-17,22H,7-10,13H2,1-2H3. The number of rotatable bonds is 5. The van der Waals surface area contributed by atoms with Gasteiger partial charge in [0, 0.05) is 24.4 Å². The zero-order chi connectivity index (χ0) is 19.6. The normalized spacial score (nSPS) is 20.6. The Kier molecular flexibility index (Phi) is 5.83. The molecular weight excluding hydrogens is 366 g/mol. The minimum Gasteiger partial charge on any atom is -0.393 e. The van der Waals surface area contributed by atoms with Crippen LogP contribution in [0.1, 0.15) is 31.2 Å². The Labute approximate surface area is 159 Å². The van der Waals surface area contributed by atoms with Gasteiger partial charge in [0.15, 0.2) is 5.94 Å². The van der Waals surface area contributed by atoms with Crippen molar-refractivity contribution in [3.8, 4) is 11.1 Å². The summed E-state index contributed by atoms with van der Waals surface area (Å²) >= 11 is 0. The molecule has 1 aromatic carbocycles. The monoisotopic (exact) mass is 391 g/mol. The van der Waals surface area contributed by atoms with Gasteiger partial charge in [0.25, 0.3) is 5.56 Å². The third-order valence-corrected chi connectivity index (χ3v) is 6.47. The van der Waals surface area contributed by atoms with Gasteiger partial charge in [-0.25, -0.2) is 8.42 Å². The fraction of sp³-hybridized carbons (Fsp3) is 0.450. The highest BCUT2D eigenvalue weighted by Crippen LogP contribution is 2.29. The number of benzene rings is 1. The second kappa shape index (κ2) is 7.96. The van der Waals surface area contributed by atoms with E-state index in [4.69, 9.17) is 4.74 Å². The molecule has 0 unspecified atom stereocenters. The lowest BCUT2D eigenvalue weighted by atomic mass is 9.95. The molecule has 0 radical (unpaired) electrons. The molecule has 1 N–H and O–H groups in total. The number of aliphatic hydroxyl groups excluding tert-OH is 1. The van der Waals surface area contributed by atoms with Crippen molar-refractivity contribution in [2.24, 2.45) is 7.05 Å². The molecule has 0 aliphatic heterocycles. The number of pyridine rings is 1. The largest absolute Gasteiger partial charge is 0.393 e. The van der Waals surface area contributed by atoms with Gasteiger partial charge >= 0.3 is 0 Å². The molecule has 1 aliphatic carbocycles. The number of ether oxygens (including phenoxy) is 1. The predicted octanol–water partition coefficient (Wildman–Crippen LogP) is 2.41. The second-order valence-corrected chi connectivity index (χ2v) is 9.06. The van der Waals surface area contributed by atoms with Crippen LogP contribution in [-0.4, -0.2) is 36.2 Å². The van der Waals surface area contributed by atoms with Crippen LogP contribution in [0.15, 0.2) is 46.2 Å². The Balaban J connectivity index is 1.87. The van der Waals surface area contributed by atoms with E-state index in [1.807, 2.05) is 0 Å². The van der Waals surface area contributed by atoms with E-state index >= 15 is 0 Å². The van der Waals surface area contributed by atoms with Crippen molar-refractivity contribution in [2.75, 3.05) is 5.94 Å². The maximum atomic E-state index is 12.9. The van der Waals surface area contributed by atoms with Crippen LogP contribution >= 0.6 is 0 Å². The Hall–Kier alpha value is -1.96. The molecular formula is C20H25NO5S. The lowest BCUT2D eigenvalue weighted by molar-refractivity contribution is 0.0159. The first-order valence-electron chi connectivity index (χ1n) is 9.07. The fourth-order valence-electron chi connectivity index (χ4n) is 3.46. The van der Waals surface area contributed by atoms with Gasteiger partial charge in [-0.3, -0.25) is 4.79 Å². The fourth-order valence-corrected chi connectivity index (χ4v) is 4.77. The number of aromatic nitrogens is 1. The Morgan fingerprint density at radius 2 is 1.85 bits per heavy atom. The van der Waals surface area contributed by atoms with Gasteiger partial charge in [-0.2, -0.15) is 0 Å². The third kappa shape index (κ3) is 4.48. The van der Waals surface area contributed by atoms with Gasteiger partial charge in [0.05, 0.1) is 17.1 Å². The summed E-state index contributed by atoms with van der Waals surface area (Å²) in [7, 11) is -2.01. The summed E-state index contributed by atoms with van der Waals surface area (Å²) in [5.41, 5.74) is 1.68. The number of aryl methyl sites for hydroxylation is 2. The number of hydrogen-bond donors (Lipinski definition) is 1. The number of aliphatic hydroxyl groups is 1. The van der Waals surface area contributed by atoms with E-state index in [1.54, 1.807) is 50.5 Å². The smallest absolute Gasteiger partial charge is 0.253 e. The van der Waals surface area contributed by atoms with Crippen molar-refractivity contribution in [1.29, 1.82) is 0 Å². The van der Waals surface area contributed by atoms with Crippen LogP contribution in [0.4, 0.5) is 0 Å². The predicted molar refractivity (Wildman–Crippen MR) is 103 cm³/mol. The summed E-state index contributed by atoms with van der Waals surface area (Å²) in [5.74, 6) is -0.393. The summed E-state index contributed by atoms with van der Waals surface area (Å²) in [6, 6.07) is 8.47. The molecule has 1 saturated carbocycles. The summed E-state index contributed by atoms with van der Waals surface area (Å²) in [6.07, 6.45) is 3.80. The average Bonchev–Trinajstić information content (AvgIpc) is 2.65. The van der Waals surface area contributed by atoms with Crippen LogP contribution in [-0.2, 0) is 21.6 Å². The number of hydrogen-bond acceptors (Lipinski definition) is 5. The molecule has 1 aromatic heterocycles. The third-order valence-electron chi connectivity index (χ3n) is 5.00. The van der Waals surface area contributed by atoms with Crippen molar-refractivity contribution in [3.05, 3.63) is 52.4 Å². The Morgan fingerprint density at radius 1 is 1.19 bits per heavy atom. The van der Waals surface area contributed by atoms with Crippen LogP contribution in [0.25, 0.3) is 11.1 Å². The average molecular weight is 391 g/mol. The van der Waals surface area contributed by atoms with Gasteiger partial charge in [0.1, 0.15) is 0 Å². The zero-order valence-corrected chi connectivity index (χ0v) is 16.4. The van der Waals surface area contributed by atoms with Crippen LogP contribution < -0.4 is 5.56 Å². The number of sulfone groups is 1. The van der Waals surface area contributed by atoms with Crippen molar-refractivity contribution < 1.29 is 18.3 Å². The molecule has 146 valence electrons. The summed E-state index contributed by atoms with van der Waals surface area (Å²) < 4.78 is 33.0. The van der Waals surface area contributed by atoms with Gasteiger partial charge in [0.2, 0.25) is 9.84 Å². The maximum absolute atomic E-state index is 12.9. The minimum atomic E-state index is -3.66. The summed E-state index contributed by atoms with van der Waals surface area (Å²) in [5, 5.41) is 9.56. The molecule has 2 aromatic rings. The van der Waals surface area contributed by atoms with Crippen LogP contribution in [0.2, 0.25) is 0 Å². The van der Waals surface area contributed by atoms with Crippen molar-refractivity contribution >= 4 is 9.84 Å². The van der Waals surface area contributed by atoms with Crippen LogP contribution in [0, 0.1) is 6.92 Å². The molecule has 0 atom stereocenters. The zero-order valence-electron chi connectivity index (χ0n) is 15.6. The van der Waals surface area contributed by atoms with E-state index in [-0.39, 0.29) is 22.7 Å². The quantitative estimate of drug-likeness (QED) is 0.846. The van der Waals surface area contributed by atoms with Gasteiger partial charge in [-0.1, -0.05) is 18.2 Å². The van der Waals surface area contributed by atoms with E-state index < -0.39 is 15.8 Å². The van der Waals surface area contributed by atoms with Gasteiger partial charge < -0.3 is 14.4 Å². The highest BCUT2D eigenvalue weighted by Gasteiger charge is 2.25. The Bertz CT molecular complexity index is 946. The van der Waals surface area contributed by atoms with Gasteiger partial charge in [-0.05, 0) is 50.3 Å². The maximum Gasteiger partial charge on any atom is 0.253 e. The van der Waals surface area contributed by atoms with Crippen molar-refractivity contribution in [1.82, 2.24) is 4.57 Å². The number of nitrogens with zero attached hydrogens (tertiary/aromatic N) is 1. The summed E-state index contributed by atoms with van der Waals surface area (Å²) in [4.78, 5) is 12.1. The molecule has 1 heterocycles. The molecule has 0 amide bonds. The molecule has 27 heavy (non-hydrogen) atoms. The molecule has 7 heteroatoms. The van der Waals surface area contributed by atoms with E-state index in [1.165, 1.54) is 4.57 Å². The van der Waals surface area contributed by atoms with E-state index in [0.717, 1.165) is 0 Å². The lowest BCUT2D eigenvalue weighted by Crippen LogP contribution is -2.26. The van der Waals surface area contributed by atoms with E-state index in [9.17, 15) is 18.3 Å². The van der Waals surface area contributed by atoms with E-state index in [0.29, 0.717) is 42.4 Å². The van der Waals surface area contributed by atoms with Crippen LogP contribution in [0.3, 0.4) is 0 Å². The molecule has 1 fully saturated rings. The first-order valence-corrected chi connectivity index (χ1v) is 10.7. The van der Waals surface area contributed by atoms with Crippen molar-refractivity contribution in [3.63, 3.8) is 0 Å². The van der Waals surface area contributed by atoms with Crippen molar-refractivity contribution in [2.45, 2.75) is 49.7 Å². The van der Waals surface area contributed by atoms with E-state index in [2.05, 4.69) is 0 Å². The first kappa shape index (κ1) is 19.8. The molecule has 1 aliphatic rings. The summed E-state index contributed by atoms with van der Waals surface area (Å²) in [6.45, 7) is 1.71. The molecule has 0 saturated heterocycles. The topological polar surface area (TPSA) is 85.6 Å². The molecule has 3 rings (SSSR count). The highest BCUT2D eigenvalue weighted by molar-refractivity contribution is 7.91. The SMILES string of the molecule is Cc1cc(-c2ccccc2S(=O)(=O)COC2CCC(O)CC2)cn(C)c1=O.